The Labute approximate surface area is 306 Å². The normalized spacial score (nSPS) is 13.2. The van der Waals surface area contributed by atoms with Crippen molar-refractivity contribution >= 4 is 42.9 Å². The van der Waals surface area contributed by atoms with Crippen LogP contribution in [0.5, 0.6) is 0 Å². The van der Waals surface area contributed by atoms with Crippen LogP contribution in [-0.4, -0.2) is 34.0 Å². The zero-order chi connectivity index (χ0) is 31.5. The van der Waals surface area contributed by atoms with E-state index < -0.39 is 0 Å². The van der Waals surface area contributed by atoms with Crippen LogP contribution in [0.2, 0.25) is 0 Å². The third-order valence-corrected chi connectivity index (χ3v) is 9.80. The molecule has 0 atom stereocenters. The molecule has 0 saturated carbocycles. The molecule has 1 saturated heterocycles. The first kappa shape index (κ1) is 39.0. The monoisotopic (exact) mass is 702 g/mol. The fraction of sp³-hybridized carbons (Fsp3) is 0.317. The number of piperidine rings is 1. The van der Waals surface area contributed by atoms with Gasteiger partial charge in [-0.25, -0.2) is 0 Å². The van der Waals surface area contributed by atoms with Crippen molar-refractivity contribution in [2.75, 3.05) is 18.0 Å². The predicted octanol–water partition coefficient (Wildman–Crippen LogP) is 10.6. The molecule has 0 unspecified atom stereocenters. The molecular formula is C41H49Cl3N4. The van der Waals surface area contributed by atoms with Gasteiger partial charge in [0, 0.05) is 61.4 Å². The van der Waals surface area contributed by atoms with E-state index in [1.807, 2.05) is 12.4 Å². The lowest BCUT2D eigenvalue weighted by Crippen LogP contribution is -2.44. The van der Waals surface area contributed by atoms with Crippen LogP contribution in [-0.2, 0) is 13.1 Å². The number of nitrogens with zero attached hydrogens (tertiary/aromatic N) is 4. The summed E-state index contributed by atoms with van der Waals surface area (Å²) in [5.74, 6) is 0. The number of halogens is 3. The quantitative estimate of drug-likeness (QED) is 0.161. The molecule has 2 aromatic heterocycles. The Hall–Kier alpha value is -3.41. The number of anilines is 1. The van der Waals surface area contributed by atoms with E-state index in [1.54, 1.807) is 0 Å². The van der Waals surface area contributed by atoms with Crippen molar-refractivity contribution in [1.82, 2.24) is 14.9 Å². The van der Waals surface area contributed by atoms with E-state index in [0.29, 0.717) is 6.04 Å². The van der Waals surface area contributed by atoms with Gasteiger partial charge in [0.15, 0.2) is 0 Å². The fourth-order valence-corrected chi connectivity index (χ4v) is 6.56. The number of benzene rings is 3. The van der Waals surface area contributed by atoms with Crippen LogP contribution in [0, 0.1) is 41.5 Å². The standard InChI is InChI=1S/C41H46N4.3ClH/c1-28-7-11-38(12-8-28)45(27-35-14-18-43-41(25-35)37-22-31(4)33(6)32(5)23-37)39-15-19-44(20-16-39)26-34-13-17-42-40(24-34)36-10-9-29(2)30(3)21-36;;;/h7-14,17-18,21-25,39H,15-16,19-20,26-27H2,1-6H3;3*1H. The minimum Gasteiger partial charge on any atom is -0.364 e. The largest absolute Gasteiger partial charge is 0.364 e. The summed E-state index contributed by atoms with van der Waals surface area (Å²) in [6.07, 6.45) is 6.22. The number of aryl methyl sites for hydroxylation is 5. The minimum atomic E-state index is 0. The molecule has 1 aliphatic heterocycles. The molecule has 0 spiro atoms. The number of likely N-dealkylation sites (tertiary alicyclic amines) is 1. The predicted molar refractivity (Wildman–Crippen MR) is 210 cm³/mol. The van der Waals surface area contributed by atoms with E-state index in [-0.39, 0.29) is 37.2 Å². The van der Waals surface area contributed by atoms with Crippen LogP contribution in [0.3, 0.4) is 0 Å². The Bertz CT molecular complexity index is 1770. The molecule has 0 aliphatic carbocycles. The molecule has 3 heterocycles. The van der Waals surface area contributed by atoms with Gasteiger partial charge in [-0.3, -0.25) is 14.9 Å². The van der Waals surface area contributed by atoms with E-state index in [1.165, 1.54) is 61.3 Å². The van der Waals surface area contributed by atoms with Gasteiger partial charge in [-0.05, 0) is 148 Å². The lowest BCUT2D eigenvalue weighted by Gasteiger charge is -2.40. The maximum absolute atomic E-state index is 4.78. The van der Waals surface area contributed by atoms with Gasteiger partial charge in [-0.15, -0.1) is 37.2 Å². The highest BCUT2D eigenvalue weighted by Gasteiger charge is 2.25. The van der Waals surface area contributed by atoms with Gasteiger partial charge in [0.1, 0.15) is 0 Å². The van der Waals surface area contributed by atoms with Gasteiger partial charge in [0.25, 0.3) is 0 Å². The van der Waals surface area contributed by atoms with Crippen LogP contribution in [0.15, 0.2) is 91.3 Å². The third-order valence-electron chi connectivity index (χ3n) is 9.80. The van der Waals surface area contributed by atoms with Crippen LogP contribution < -0.4 is 4.90 Å². The lowest BCUT2D eigenvalue weighted by molar-refractivity contribution is 0.201. The molecule has 5 aromatic rings. The van der Waals surface area contributed by atoms with E-state index in [2.05, 4.69) is 130 Å². The van der Waals surface area contributed by atoms with Crippen LogP contribution >= 0.6 is 37.2 Å². The highest BCUT2D eigenvalue weighted by molar-refractivity contribution is 5.86. The second-order valence-corrected chi connectivity index (χ2v) is 13.1. The Morgan fingerprint density at radius 2 is 1.17 bits per heavy atom. The molecule has 7 heteroatoms. The summed E-state index contributed by atoms with van der Waals surface area (Å²) in [4.78, 5) is 14.7. The molecule has 0 radical (unpaired) electrons. The summed E-state index contributed by atoms with van der Waals surface area (Å²) >= 11 is 0. The average molecular weight is 704 g/mol. The van der Waals surface area contributed by atoms with Crippen molar-refractivity contribution in [1.29, 1.82) is 0 Å². The number of rotatable bonds is 8. The summed E-state index contributed by atoms with van der Waals surface area (Å²) in [7, 11) is 0. The zero-order valence-corrected chi connectivity index (χ0v) is 31.4. The van der Waals surface area contributed by atoms with Crippen molar-refractivity contribution in [2.24, 2.45) is 0 Å². The van der Waals surface area contributed by atoms with Crippen molar-refractivity contribution in [3.8, 4) is 22.5 Å². The summed E-state index contributed by atoms with van der Waals surface area (Å²) in [5.41, 5.74) is 16.3. The summed E-state index contributed by atoms with van der Waals surface area (Å²) in [6, 6.07) is 29.6. The number of aromatic nitrogens is 2. The first-order valence-electron chi connectivity index (χ1n) is 16.3. The minimum absolute atomic E-state index is 0. The van der Waals surface area contributed by atoms with Gasteiger partial charge in [0.05, 0.1) is 11.4 Å². The van der Waals surface area contributed by atoms with Crippen LogP contribution in [0.4, 0.5) is 5.69 Å². The maximum Gasteiger partial charge on any atom is 0.0705 e. The summed E-state index contributed by atoms with van der Waals surface area (Å²) < 4.78 is 0. The van der Waals surface area contributed by atoms with E-state index in [0.717, 1.165) is 50.4 Å². The molecule has 0 N–H and O–H groups in total. The van der Waals surface area contributed by atoms with Crippen LogP contribution in [0.25, 0.3) is 22.5 Å². The molecule has 0 bridgehead atoms. The van der Waals surface area contributed by atoms with E-state index in [4.69, 9.17) is 9.97 Å². The van der Waals surface area contributed by atoms with Gasteiger partial charge >= 0.3 is 0 Å². The molecule has 1 aliphatic rings. The molecule has 3 aromatic carbocycles. The topological polar surface area (TPSA) is 32.3 Å². The molecule has 4 nitrogen and oxygen atoms in total. The van der Waals surface area contributed by atoms with Crippen LogP contribution in [0.1, 0.15) is 57.3 Å². The Morgan fingerprint density at radius 1 is 0.604 bits per heavy atom. The molecule has 0 amide bonds. The highest BCUT2D eigenvalue weighted by Crippen LogP contribution is 2.29. The SMILES string of the molecule is Cc1ccc(N(Cc2ccnc(-c3cc(C)c(C)c(C)c3)c2)C2CCN(Cc3ccnc(-c4ccc(C)c(C)c4)c3)CC2)cc1.Cl.Cl.Cl. The molecular weight excluding hydrogens is 655 g/mol. The smallest absolute Gasteiger partial charge is 0.0705 e. The Kier molecular flexibility index (Phi) is 14.1. The highest BCUT2D eigenvalue weighted by atomic mass is 35.5. The van der Waals surface area contributed by atoms with Gasteiger partial charge in [0.2, 0.25) is 0 Å². The number of pyridine rings is 2. The van der Waals surface area contributed by atoms with E-state index >= 15 is 0 Å². The lowest BCUT2D eigenvalue weighted by atomic mass is 9.97. The number of hydrogen-bond donors (Lipinski definition) is 0. The molecule has 1 fully saturated rings. The first-order valence-corrected chi connectivity index (χ1v) is 16.3. The van der Waals surface area contributed by atoms with Crippen molar-refractivity contribution < 1.29 is 0 Å². The van der Waals surface area contributed by atoms with Gasteiger partial charge in [-0.2, -0.15) is 0 Å². The second-order valence-electron chi connectivity index (χ2n) is 13.1. The van der Waals surface area contributed by atoms with E-state index in [9.17, 15) is 0 Å². The second kappa shape index (κ2) is 17.3. The maximum atomic E-state index is 4.78. The molecule has 48 heavy (non-hydrogen) atoms. The number of hydrogen-bond acceptors (Lipinski definition) is 4. The van der Waals surface area contributed by atoms with Gasteiger partial charge < -0.3 is 4.90 Å². The van der Waals surface area contributed by atoms with Crippen molar-refractivity contribution in [3.05, 3.63) is 136 Å². The van der Waals surface area contributed by atoms with Crippen molar-refractivity contribution in [3.63, 3.8) is 0 Å². The average Bonchev–Trinajstić information content (AvgIpc) is 3.05. The fourth-order valence-electron chi connectivity index (χ4n) is 6.56. The zero-order valence-electron chi connectivity index (χ0n) is 29.0. The third kappa shape index (κ3) is 9.18. The first-order chi connectivity index (χ1) is 21.7. The molecule has 6 rings (SSSR count). The van der Waals surface area contributed by atoms with Crippen molar-refractivity contribution in [2.45, 2.75) is 73.5 Å². The van der Waals surface area contributed by atoms with Gasteiger partial charge in [-0.1, -0.05) is 29.8 Å². The summed E-state index contributed by atoms with van der Waals surface area (Å²) in [5, 5.41) is 0. The Morgan fingerprint density at radius 3 is 1.79 bits per heavy atom. The molecule has 254 valence electrons. The summed E-state index contributed by atoms with van der Waals surface area (Å²) in [6.45, 7) is 17.1. The Balaban J connectivity index is 0.00000208.